The fraction of sp³-hybridized carbons (Fsp3) is 0.125. The van der Waals surface area contributed by atoms with E-state index in [1.165, 1.54) is 0 Å². The van der Waals surface area contributed by atoms with Gasteiger partial charge in [-0.05, 0) is 41.5 Å². The maximum atomic E-state index is 13.2. The highest BCUT2D eigenvalue weighted by Crippen LogP contribution is 2.32. The maximum Gasteiger partial charge on any atom is 0.273 e. The topological polar surface area (TPSA) is 55.7 Å². The zero-order valence-corrected chi connectivity index (χ0v) is 16.2. The minimum atomic E-state index is -0.119. The van der Waals surface area contributed by atoms with E-state index >= 15 is 0 Å². The summed E-state index contributed by atoms with van der Waals surface area (Å²) in [5.41, 5.74) is 5.33. The lowest BCUT2D eigenvalue weighted by molar-refractivity contribution is 0.415. The summed E-state index contributed by atoms with van der Waals surface area (Å²) in [4.78, 5) is 16.2. The van der Waals surface area contributed by atoms with E-state index < -0.39 is 0 Å². The van der Waals surface area contributed by atoms with Crippen LogP contribution in [0.3, 0.4) is 0 Å². The first-order valence-corrected chi connectivity index (χ1v) is 9.44. The van der Waals surface area contributed by atoms with Crippen LogP contribution >= 0.6 is 0 Å². The number of hydrogen-bond acceptors (Lipinski definition) is 3. The van der Waals surface area contributed by atoms with Crippen LogP contribution in [0.15, 0.2) is 71.5 Å². The van der Waals surface area contributed by atoms with Gasteiger partial charge in [-0.3, -0.25) is 4.79 Å². The normalized spacial score (nSPS) is 11.4. The van der Waals surface area contributed by atoms with Crippen LogP contribution in [-0.4, -0.2) is 23.6 Å². The molecule has 2 heterocycles. The number of nitrogens with one attached hydrogen (secondary N) is 1. The molecule has 5 heteroatoms. The third-order valence-electron chi connectivity index (χ3n) is 5.41. The van der Waals surface area contributed by atoms with Crippen molar-refractivity contribution in [2.24, 2.45) is 0 Å². The predicted molar refractivity (Wildman–Crippen MR) is 115 cm³/mol. The van der Waals surface area contributed by atoms with Gasteiger partial charge in [0.05, 0.1) is 30.8 Å². The van der Waals surface area contributed by atoms with Gasteiger partial charge in [0, 0.05) is 17.9 Å². The van der Waals surface area contributed by atoms with Crippen molar-refractivity contribution in [3.63, 3.8) is 0 Å². The smallest absolute Gasteiger partial charge is 0.273 e. The van der Waals surface area contributed by atoms with E-state index in [0.29, 0.717) is 17.7 Å². The van der Waals surface area contributed by atoms with E-state index in [0.717, 1.165) is 38.8 Å². The summed E-state index contributed by atoms with van der Waals surface area (Å²) in [6.07, 6.45) is 0.658. The highest BCUT2D eigenvalue weighted by molar-refractivity contribution is 5.97. The number of aromatic amines is 1. The second kappa shape index (κ2) is 6.71. The molecule has 0 unspecified atom stereocenters. The van der Waals surface area contributed by atoms with Gasteiger partial charge in [0.25, 0.3) is 5.56 Å². The number of benzene rings is 3. The molecule has 0 aliphatic carbocycles. The van der Waals surface area contributed by atoms with E-state index in [2.05, 4.69) is 17.1 Å². The summed E-state index contributed by atoms with van der Waals surface area (Å²) < 4.78 is 12.8. The van der Waals surface area contributed by atoms with Gasteiger partial charge in [-0.1, -0.05) is 30.3 Å². The first-order valence-electron chi connectivity index (χ1n) is 9.44. The molecule has 2 aromatic heterocycles. The van der Waals surface area contributed by atoms with Crippen molar-refractivity contribution in [3.8, 4) is 11.5 Å². The van der Waals surface area contributed by atoms with Crippen LogP contribution in [0.5, 0.6) is 11.5 Å². The Bertz CT molecular complexity index is 1420. The molecule has 0 radical (unpaired) electrons. The lowest BCUT2D eigenvalue weighted by Gasteiger charge is -2.07. The molecule has 0 fully saturated rings. The van der Waals surface area contributed by atoms with Crippen LogP contribution in [0.25, 0.3) is 27.5 Å². The number of nitrogens with zero attached hydrogens (tertiary/aromatic N) is 1. The summed E-state index contributed by atoms with van der Waals surface area (Å²) >= 11 is 0. The Balaban J connectivity index is 1.92. The van der Waals surface area contributed by atoms with Crippen LogP contribution in [-0.2, 0) is 6.42 Å². The Morgan fingerprint density at radius 1 is 0.862 bits per heavy atom. The molecule has 0 spiro atoms. The van der Waals surface area contributed by atoms with Crippen molar-refractivity contribution in [2.75, 3.05) is 14.2 Å². The average Bonchev–Trinajstić information content (AvgIpc) is 3.08. The quantitative estimate of drug-likeness (QED) is 0.495. The molecule has 5 nitrogen and oxygen atoms in total. The Kier molecular flexibility index (Phi) is 4.02. The summed E-state index contributed by atoms with van der Waals surface area (Å²) in [5, 5.41) is 1.02. The minimum Gasteiger partial charge on any atom is -0.497 e. The van der Waals surface area contributed by atoms with Gasteiger partial charge in [-0.15, -0.1) is 0 Å². The SMILES string of the molecule is COc1ccc2c(c1)[nH]c(=O)c1c(Cc3ccccc3)c3cc(OC)ccc3n12. The van der Waals surface area contributed by atoms with Gasteiger partial charge in [-0.2, -0.15) is 0 Å². The van der Waals surface area contributed by atoms with Gasteiger partial charge in [0.15, 0.2) is 0 Å². The number of methoxy groups -OCH3 is 2. The molecule has 0 aliphatic heterocycles. The summed E-state index contributed by atoms with van der Waals surface area (Å²) in [5.74, 6) is 1.47. The fourth-order valence-electron chi connectivity index (χ4n) is 4.05. The molecule has 144 valence electrons. The molecule has 29 heavy (non-hydrogen) atoms. The fourth-order valence-corrected chi connectivity index (χ4v) is 4.05. The van der Waals surface area contributed by atoms with Crippen molar-refractivity contribution in [1.82, 2.24) is 9.38 Å². The van der Waals surface area contributed by atoms with Crippen molar-refractivity contribution in [1.29, 1.82) is 0 Å². The number of hydrogen-bond donors (Lipinski definition) is 1. The lowest BCUT2D eigenvalue weighted by atomic mass is 10.0. The molecule has 0 aliphatic rings. The summed E-state index contributed by atoms with van der Waals surface area (Å²) in [6.45, 7) is 0. The van der Waals surface area contributed by atoms with Crippen LogP contribution < -0.4 is 15.0 Å². The molecule has 5 rings (SSSR count). The van der Waals surface area contributed by atoms with Gasteiger partial charge >= 0.3 is 0 Å². The third-order valence-corrected chi connectivity index (χ3v) is 5.41. The summed E-state index contributed by atoms with van der Waals surface area (Å²) in [7, 11) is 3.27. The molecular formula is C24H20N2O3. The highest BCUT2D eigenvalue weighted by atomic mass is 16.5. The predicted octanol–water partition coefficient (Wildman–Crippen LogP) is 4.54. The average molecular weight is 384 g/mol. The van der Waals surface area contributed by atoms with Gasteiger partial charge in [0.1, 0.15) is 17.0 Å². The molecule has 3 aromatic carbocycles. The number of aromatic nitrogens is 2. The first kappa shape index (κ1) is 17.4. The monoisotopic (exact) mass is 384 g/mol. The molecule has 5 aromatic rings. The third kappa shape index (κ3) is 2.74. The molecule has 0 atom stereocenters. The maximum absolute atomic E-state index is 13.2. The zero-order chi connectivity index (χ0) is 20.0. The Labute approximate surface area is 167 Å². The molecule has 0 saturated carbocycles. The Morgan fingerprint density at radius 3 is 2.28 bits per heavy atom. The van der Waals surface area contributed by atoms with Gasteiger partial charge in [-0.25, -0.2) is 0 Å². The lowest BCUT2D eigenvalue weighted by Crippen LogP contribution is -2.11. The summed E-state index contributed by atoms with van der Waals surface area (Å²) in [6, 6.07) is 21.9. The van der Waals surface area contributed by atoms with Crippen LogP contribution in [0, 0.1) is 0 Å². The minimum absolute atomic E-state index is 0.119. The van der Waals surface area contributed by atoms with E-state index in [9.17, 15) is 4.79 Å². The second-order valence-electron chi connectivity index (χ2n) is 7.05. The Morgan fingerprint density at radius 2 is 1.55 bits per heavy atom. The Hall–Kier alpha value is -3.73. The van der Waals surface area contributed by atoms with Crippen LogP contribution in [0.2, 0.25) is 0 Å². The zero-order valence-electron chi connectivity index (χ0n) is 16.2. The van der Waals surface area contributed by atoms with E-state index in [4.69, 9.17) is 9.47 Å². The first-order chi connectivity index (χ1) is 14.2. The highest BCUT2D eigenvalue weighted by Gasteiger charge is 2.18. The van der Waals surface area contributed by atoms with Gasteiger partial charge in [0.2, 0.25) is 0 Å². The molecule has 1 N–H and O–H groups in total. The number of ether oxygens (including phenoxy) is 2. The van der Waals surface area contributed by atoms with Crippen molar-refractivity contribution in [2.45, 2.75) is 6.42 Å². The van der Waals surface area contributed by atoms with Crippen LogP contribution in [0.4, 0.5) is 0 Å². The molecule has 0 bridgehead atoms. The van der Waals surface area contributed by atoms with E-state index in [1.54, 1.807) is 14.2 Å². The largest absolute Gasteiger partial charge is 0.497 e. The molecular weight excluding hydrogens is 364 g/mol. The second-order valence-corrected chi connectivity index (χ2v) is 7.05. The number of fused-ring (bicyclic) bond motifs is 5. The number of H-pyrrole nitrogens is 1. The molecule has 0 saturated heterocycles. The van der Waals surface area contributed by atoms with E-state index in [1.807, 2.05) is 59.0 Å². The van der Waals surface area contributed by atoms with Crippen molar-refractivity contribution >= 4 is 27.5 Å². The standard InChI is InChI=1S/C24H20N2O3/c1-28-16-8-10-21-18(13-16)19(12-15-6-4-3-5-7-15)23-24(27)25-20-14-17(29-2)9-11-22(20)26(21)23/h3-11,13-14H,12H2,1-2H3,(H,25,27). The van der Waals surface area contributed by atoms with Crippen molar-refractivity contribution < 1.29 is 9.47 Å². The number of rotatable bonds is 4. The van der Waals surface area contributed by atoms with E-state index in [-0.39, 0.29) is 5.56 Å². The molecule has 0 amide bonds. The van der Waals surface area contributed by atoms with Crippen molar-refractivity contribution in [3.05, 3.63) is 88.2 Å². The van der Waals surface area contributed by atoms with Gasteiger partial charge < -0.3 is 18.9 Å². The van der Waals surface area contributed by atoms with Crippen LogP contribution in [0.1, 0.15) is 11.1 Å².